The average Bonchev–Trinajstić information content (AvgIpc) is 2.54. The minimum Gasteiger partial charge on any atom is -0.344 e. The van der Waals surface area contributed by atoms with E-state index in [9.17, 15) is 27.2 Å². The molecule has 2 rings (SSSR count). The third kappa shape index (κ3) is 5.59. The van der Waals surface area contributed by atoms with E-state index in [1.807, 2.05) is 0 Å². The fraction of sp³-hybridized carbons (Fsp3) is 0.176. The molecule has 0 saturated heterocycles. The topological polar surface area (TPSA) is 58.2 Å². The molecular formula is C17H14F4N2O2. The predicted molar refractivity (Wildman–Crippen MR) is 83.1 cm³/mol. The van der Waals surface area contributed by atoms with Crippen molar-refractivity contribution in [1.29, 1.82) is 0 Å². The van der Waals surface area contributed by atoms with E-state index in [1.54, 1.807) is 11.4 Å². The maximum Gasteiger partial charge on any atom is 0.471 e. The lowest BCUT2D eigenvalue weighted by Crippen LogP contribution is -2.36. The van der Waals surface area contributed by atoms with Crippen LogP contribution in [-0.4, -0.2) is 18.0 Å². The molecule has 2 aromatic rings. The summed E-state index contributed by atoms with van der Waals surface area (Å²) in [7, 11) is 0. The van der Waals surface area contributed by atoms with Gasteiger partial charge in [0.15, 0.2) is 0 Å². The Labute approximate surface area is 140 Å². The first-order chi connectivity index (χ1) is 11.8. The Morgan fingerprint density at radius 2 is 1.72 bits per heavy atom. The molecule has 0 aliphatic carbocycles. The first kappa shape index (κ1) is 18.4. The number of hydrogen-bond acceptors (Lipinski definition) is 2. The molecule has 4 nitrogen and oxygen atoms in total. The average molecular weight is 354 g/mol. The second kappa shape index (κ2) is 7.78. The number of carbonyl (C=O) groups is 2. The van der Waals surface area contributed by atoms with E-state index in [2.05, 4.69) is 5.32 Å². The third-order valence-electron chi connectivity index (χ3n) is 3.23. The number of amides is 2. The molecule has 0 heterocycles. The number of hydrogen-bond donors (Lipinski definition) is 2. The Hall–Kier alpha value is -2.90. The van der Waals surface area contributed by atoms with Crippen LogP contribution in [0.1, 0.15) is 11.1 Å². The molecule has 132 valence electrons. The van der Waals surface area contributed by atoms with Crippen molar-refractivity contribution in [2.24, 2.45) is 0 Å². The van der Waals surface area contributed by atoms with Crippen molar-refractivity contribution in [3.63, 3.8) is 0 Å². The molecule has 2 amide bonds. The first-order valence-corrected chi connectivity index (χ1v) is 7.23. The lowest BCUT2D eigenvalue weighted by atomic mass is 10.1. The number of anilines is 1. The molecule has 0 spiro atoms. The lowest BCUT2D eigenvalue weighted by Gasteiger charge is -2.10. The largest absolute Gasteiger partial charge is 0.471 e. The molecule has 8 heteroatoms. The van der Waals surface area contributed by atoms with E-state index in [4.69, 9.17) is 0 Å². The van der Waals surface area contributed by atoms with Gasteiger partial charge in [-0.25, -0.2) is 4.39 Å². The summed E-state index contributed by atoms with van der Waals surface area (Å²) in [5, 5.41) is 4.28. The summed E-state index contributed by atoms with van der Waals surface area (Å²) in [6.45, 7) is -0.338. The quantitative estimate of drug-likeness (QED) is 0.811. The van der Waals surface area contributed by atoms with E-state index in [1.165, 1.54) is 42.5 Å². The second-order valence-corrected chi connectivity index (χ2v) is 5.20. The van der Waals surface area contributed by atoms with Crippen molar-refractivity contribution in [2.45, 2.75) is 19.1 Å². The van der Waals surface area contributed by atoms with Crippen LogP contribution in [0.2, 0.25) is 0 Å². The molecule has 25 heavy (non-hydrogen) atoms. The van der Waals surface area contributed by atoms with Gasteiger partial charge in [-0.1, -0.05) is 30.3 Å². The zero-order valence-electron chi connectivity index (χ0n) is 12.9. The van der Waals surface area contributed by atoms with Gasteiger partial charge in [-0.05, 0) is 29.3 Å². The fourth-order valence-corrected chi connectivity index (χ4v) is 2.06. The Morgan fingerprint density at radius 3 is 2.40 bits per heavy atom. The Kier molecular flexibility index (Phi) is 5.74. The van der Waals surface area contributed by atoms with Crippen molar-refractivity contribution in [3.05, 3.63) is 65.5 Å². The summed E-state index contributed by atoms with van der Waals surface area (Å²) < 4.78 is 49.9. The number of carbonyl (C=O) groups excluding carboxylic acids is 2. The van der Waals surface area contributed by atoms with Gasteiger partial charge in [-0.2, -0.15) is 13.2 Å². The molecule has 0 bridgehead atoms. The highest BCUT2D eigenvalue weighted by Gasteiger charge is 2.38. The van der Waals surface area contributed by atoms with Crippen molar-refractivity contribution in [2.75, 3.05) is 5.32 Å². The summed E-state index contributed by atoms with van der Waals surface area (Å²) in [5.41, 5.74) is 0.940. The highest BCUT2D eigenvalue weighted by Crippen LogP contribution is 2.16. The minimum atomic E-state index is -4.95. The van der Waals surface area contributed by atoms with Gasteiger partial charge in [-0.3, -0.25) is 9.59 Å². The van der Waals surface area contributed by atoms with Gasteiger partial charge in [0.25, 0.3) is 0 Å². The van der Waals surface area contributed by atoms with Crippen LogP contribution in [0.4, 0.5) is 23.2 Å². The standard InChI is InChI=1S/C17H14F4N2O2/c18-14-7-2-1-5-12(14)9-15(24)23-13-6-3-4-11(8-13)10-22-16(25)17(19,20)21/h1-8H,9-10H2,(H,22,25)(H,23,24). The van der Waals surface area contributed by atoms with Crippen LogP contribution < -0.4 is 10.6 Å². The lowest BCUT2D eigenvalue weighted by molar-refractivity contribution is -0.173. The zero-order chi connectivity index (χ0) is 18.4. The van der Waals surface area contributed by atoms with Gasteiger partial charge in [0, 0.05) is 12.2 Å². The number of halogens is 4. The predicted octanol–water partition coefficient (Wildman–Crippen LogP) is 3.19. The van der Waals surface area contributed by atoms with Crippen molar-refractivity contribution >= 4 is 17.5 Å². The fourth-order valence-electron chi connectivity index (χ4n) is 2.06. The van der Waals surface area contributed by atoms with Gasteiger partial charge in [0.2, 0.25) is 5.91 Å². The van der Waals surface area contributed by atoms with E-state index in [0.717, 1.165) is 0 Å². The van der Waals surface area contributed by atoms with Crippen LogP contribution in [0, 0.1) is 5.82 Å². The summed E-state index contributed by atoms with van der Waals surface area (Å²) in [6, 6.07) is 11.8. The second-order valence-electron chi connectivity index (χ2n) is 5.20. The zero-order valence-corrected chi connectivity index (χ0v) is 12.9. The van der Waals surface area contributed by atoms with Gasteiger partial charge in [-0.15, -0.1) is 0 Å². The minimum absolute atomic E-state index is 0.179. The third-order valence-corrected chi connectivity index (χ3v) is 3.23. The Morgan fingerprint density at radius 1 is 1.00 bits per heavy atom. The van der Waals surface area contributed by atoms with Crippen LogP contribution in [0.3, 0.4) is 0 Å². The van der Waals surface area contributed by atoms with Crippen molar-refractivity contribution in [1.82, 2.24) is 5.32 Å². The molecule has 2 aromatic carbocycles. The summed E-state index contributed by atoms with van der Waals surface area (Å²) in [6.07, 6.45) is -5.13. The molecule has 0 aromatic heterocycles. The van der Waals surface area contributed by atoms with Gasteiger partial charge in [0.1, 0.15) is 5.82 Å². The molecule has 2 N–H and O–H groups in total. The van der Waals surface area contributed by atoms with E-state index < -0.39 is 23.8 Å². The Balaban J connectivity index is 1.96. The van der Waals surface area contributed by atoms with Gasteiger partial charge < -0.3 is 10.6 Å². The Bertz CT molecular complexity index is 775. The molecule has 0 fully saturated rings. The molecular weight excluding hydrogens is 340 g/mol. The number of nitrogens with one attached hydrogen (secondary N) is 2. The maximum absolute atomic E-state index is 13.5. The SMILES string of the molecule is O=C(Cc1ccccc1F)Nc1cccc(CNC(=O)C(F)(F)F)c1. The molecule has 0 atom stereocenters. The van der Waals surface area contributed by atoms with Crippen LogP contribution in [0.5, 0.6) is 0 Å². The van der Waals surface area contributed by atoms with Crippen molar-refractivity contribution in [3.8, 4) is 0 Å². The van der Waals surface area contributed by atoms with Gasteiger partial charge >= 0.3 is 12.1 Å². The normalized spacial score (nSPS) is 11.0. The first-order valence-electron chi connectivity index (χ1n) is 7.23. The summed E-state index contributed by atoms with van der Waals surface area (Å²) in [5.74, 6) is -3.01. The van der Waals surface area contributed by atoms with Gasteiger partial charge in [0.05, 0.1) is 6.42 Å². The highest BCUT2D eigenvalue weighted by atomic mass is 19.4. The monoisotopic (exact) mass is 354 g/mol. The van der Waals surface area contributed by atoms with E-state index >= 15 is 0 Å². The number of benzene rings is 2. The number of rotatable bonds is 5. The van der Waals surface area contributed by atoms with Crippen LogP contribution >= 0.6 is 0 Å². The highest BCUT2D eigenvalue weighted by molar-refractivity contribution is 5.92. The molecule has 0 saturated carbocycles. The molecule has 0 aliphatic heterocycles. The van der Waals surface area contributed by atoms with Crippen molar-refractivity contribution < 1.29 is 27.2 Å². The molecule has 0 aliphatic rings. The van der Waals surface area contributed by atoms with Crippen LogP contribution in [0.15, 0.2) is 48.5 Å². The summed E-state index contributed by atoms with van der Waals surface area (Å²) >= 11 is 0. The maximum atomic E-state index is 13.5. The smallest absolute Gasteiger partial charge is 0.344 e. The number of alkyl halides is 3. The van der Waals surface area contributed by atoms with E-state index in [0.29, 0.717) is 11.3 Å². The van der Waals surface area contributed by atoms with Crippen LogP contribution in [-0.2, 0) is 22.6 Å². The van der Waals surface area contributed by atoms with Crippen LogP contribution in [0.25, 0.3) is 0 Å². The van der Waals surface area contributed by atoms with E-state index in [-0.39, 0.29) is 18.5 Å². The molecule has 0 unspecified atom stereocenters. The molecule has 0 radical (unpaired) electrons. The summed E-state index contributed by atoms with van der Waals surface area (Å²) in [4.78, 5) is 22.7.